The summed E-state index contributed by atoms with van der Waals surface area (Å²) in [5.74, 6) is 2.43. The first-order valence-corrected chi connectivity index (χ1v) is 8.72. The number of fused-ring (bicyclic) bond motifs is 1. The van der Waals surface area contributed by atoms with Gasteiger partial charge in [-0.3, -0.25) is 4.79 Å². The van der Waals surface area contributed by atoms with Crippen molar-refractivity contribution in [3.63, 3.8) is 0 Å². The van der Waals surface area contributed by atoms with E-state index in [1.54, 1.807) is 0 Å². The number of carbonyl (C=O) groups excluding carboxylic acids is 1. The van der Waals surface area contributed by atoms with Gasteiger partial charge in [0.1, 0.15) is 13.2 Å². The maximum Gasteiger partial charge on any atom is 0.220 e. The lowest BCUT2D eigenvalue weighted by atomic mass is 10.0. The predicted molar refractivity (Wildman–Crippen MR) is 92.0 cm³/mol. The molecule has 4 nitrogen and oxygen atoms in total. The van der Waals surface area contributed by atoms with Crippen LogP contribution in [0.15, 0.2) is 18.2 Å². The Morgan fingerprint density at radius 3 is 2.61 bits per heavy atom. The van der Waals surface area contributed by atoms with Gasteiger partial charge >= 0.3 is 0 Å². The lowest BCUT2D eigenvalue weighted by molar-refractivity contribution is -0.121. The fourth-order valence-corrected chi connectivity index (χ4v) is 2.75. The van der Waals surface area contributed by atoms with Crippen LogP contribution in [0, 0.1) is 5.92 Å². The van der Waals surface area contributed by atoms with Gasteiger partial charge in [0.05, 0.1) is 0 Å². The second-order valence-corrected chi connectivity index (χ2v) is 6.77. The van der Waals surface area contributed by atoms with E-state index >= 15 is 0 Å². The molecule has 1 aliphatic rings. The minimum atomic E-state index is 0.122. The maximum atomic E-state index is 12.0. The summed E-state index contributed by atoms with van der Waals surface area (Å²) in [5, 5.41) is 3.09. The first-order valence-electron chi connectivity index (χ1n) is 8.72. The van der Waals surface area contributed by atoms with Gasteiger partial charge in [-0.05, 0) is 43.4 Å². The highest BCUT2D eigenvalue weighted by molar-refractivity contribution is 5.76. The van der Waals surface area contributed by atoms with E-state index < -0.39 is 0 Å². The molecule has 0 fully saturated rings. The average Bonchev–Trinajstić information content (AvgIpc) is 2.52. The molecule has 1 aromatic carbocycles. The molecule has 1 aromatic rings. The monoisotopic (exact) mass is 319 g/mol. The first-order chi connectivity index (χ1) is 11.0. The molecule has 0 aliphatic carbocycles. The molecule has 4 heteroatoms. The highest BCUT2D eigenvalue weighted by Crippen LogP contribution is 2.31. The third-order valence-electron chi connectivity index (χ3n) is 4.07. The van der Waals surface area contributed by atoms with Gasteiger partial charge < -0.3 is 14.8 Å². The highest BCUT2D eigenvalue weighted by atomic mass is 16.6. The minimum absolute atomic E-state index is 0.122. The van der Waals surface area contributed by atoms with Crippen LogP contribution in [0.3, 0.4) is 0 Å². The summed E-state index contributed by atoms with van der Waals surface area (Å²) < 4.78 is 11.1. The topological polar surface area (TPSA) is 47.6 Å². The average molecular weight is 319 g/mol. The molecule has 1 unspecified atom stereocenters. The zero-order valence-corrected chi connectivity index (χ0v) is 14.6. The quantitative estimate of drug-likeness (QED) is 0.794. The van der Waals surface area contributed by atoms with Gasteiger partial charge in [0, 0.05) is 12.5 Å². The van der Waals surface area contributed by atoms with Crippen LogP contribution in [0.2, 0.25) is 0 Å². The van der Waals surface area contributed by atoms with Crippen LogP contribution in [0.5, 0.6) is 11.5 Å². The molecule has 0 radical (unpaired) electrons. The van der Waals surface area contributed by atoms with Gasteiger partial charge in [0.2, 0.25) is 5.91 Å². The summed E-state index contributed by atoms with van der Waals surface area (Å²) in [6.45, 7) is 7.74. The van der Waals surface area contributed by atoms with E-state index in [1.807, 2.05) is 18.2 Å². The highest BCUT2D eigenvalue weighted by Gasteiger charge is 2.13. The van der Waals surface area contributed by atoms with E-state index in [9.17, 15) is 4.79 Å². The molecule has 0 spiro atoms. The number of ether oxygens (including phenoxy) is 2. The van der Waals surface area contributed by atoms with Gasteiger partial charge in [0.15, 0.2) is 11.5 Å². The summed E-state index contributed by atoms with van der Waals surface area (Å²) >= 11 is 0. The van der Waals surface area contributed by atoms with Crippen molar-refractivity contribution in [2.45, 2.75) is 58.9 Å². The zero-order chi connectivity index (χ0) is 16.7. The van der Waals surface area contributed by atoms with Crippen LogP contribution < -0.4 is 14.8 Å². The molecule has 0 bridgehead atoms. The second-order valence-electron chi connectivity index (χ2n) is 6.77. The third kappa shape index (κ3) is 6.12. The van der Waals surface area contributed by atoms with E-state index in [0.29, 0.717) is 19.6 Å². The van der Waals surface area contributed by atoms with Crippen molar-refractivity contribution in [3.05, 3.63) is 23.8 Å². The second kappa shape index (κ2) is 8.80. The Morgan fingerprint density at radius 1 is 1.13 bits per heavy atom. The SMILES string of the molecule is CC(C)CCCC(C)NC(=O)CCc1ccc2c(c1)OCCO2. The van der Waals surface area contributed by atoms with Crippen LogP contribution in [0.4, 0.5) is 0 Å². The van der Waals surface area contributed by atoms with Crippen LogP contribution in [-0.4, -0.2) is 25.2 Å². The molecule has 0 saturated carbocycles. The van der Waals surface area contributed by atoms with Gasteiger partial charge in [-0.2, -0.15) is 0 Å². The lowest BCUT2D eigenvalue weighted by Crippen LogP contribution is -2.32. The van der Waals surface area contributed by atoms with Gasteiger partial charge in [-0.1, -0.05) is 32.8 Å². The van der Waals surface area contributed by atoms with Crippen LogP contribution in [0.1, 0.15) is 52.0 Å². The van der Waals surface area contributed by atoms with Crippen molar-refractivity contribution in [3.8, 4) is 11.5 Å². The smallest absolute Gasteiger partial charge is 0.220 e. The van der Waals surface area contributed by atoms with Crippen LogP contribution in [-0.2, 0) is 11.2 Å². The molecule has 1 N–H and O–H groups in total. The molecular weight excluding hydrogens is 290 g/mol. The zero-order valence-electron chi connectivity index (χ0n) is 14.6. The lowest BCUT2D eigenvalue weighted by Gasteiger charge is -2.19. The standard InChI is InChI=1S/C19H29NO3/c1-14(2)5-4-6-15(3)20-19(21)10-8-16-7-9-17-18(13-16)23-12-11-22-17/h7,9,13-15H,4-6,8,10-12H2,1-3H3,(H,20,21). The molecule has 1 aliphatic heterocycles. The number of carbonyl (C=O) groups is 1. The Labute approximate surface area is 139 Å². The molecule has 1 heterocycles. The number of aryl methyl sites for hydroxylation is 1. The molecule has 1 amide bonds. The summed E-state index contributed by atoms with van der Waals surface area (Å²) in [5.41, 5.74) is 1.11. The number of hydrogen-bond donors (Lipinski definition) is 1. The molecule has 1 atom stereocenters. The van der Waals surface area contributed by atoms with E-state index in [4.69, 9.17) is 9.47 Å². The fourth-order valence-electron chi connectivity index (χ4n) is 2.75. The largest absolute Gasteiger partial charge is 0.486 e. The Hall–Kier alpha value is -1.71. The summed E-state index contributed by atoms with van der Waals surface area (Å²) in [7, 11) is 0. The van der Waals surface area contributed by atoms with Crippen molar-refractivity contribution < 1.29 is 14.3 Å². The van der Waals surface area contributed by atoms with Gasteiger partial charge in [-0.25, -0.2) is 0 Å². The van der Waals surface area contributed by atoms with Crippen molar-refractivity contribution in [1.29, 1.82) is 0 Å². The molecule has 128 valence electrons. The van der Waals surface area contributed by atoms with Crippen molar-refractivity contribution in [1.82, 2.24) is 5.32 Å². The van der Waals surface area contributed by atoms with Crippen LogP contribution >= 0.6 is 0 Å². The maximum absolute atomic E-state index is 12.0. The number of nitrogens with one attached hydrogen (secondary N) is 1. The van der Waals surface area contributed by atoms with Crippen molar-refractivity contribution in [2.75, 3.05) is 13.2 Å². The number of amides is 1. The van der Waals surface area contributed by atoms with Crippen molar-refractivity contribution in [2.24, 2.45) is 5.92 Å². The Kier molecular flexibility index (Phi) is 6.75. The summed E-state index contributed by atoms with van der Waals surface area (Å²) in [4.78, 5) is 12.0. The minimum Gasteiger partial charge on any atom is -0.486 e. The predicted octanol–water partition coefficient (Wildman–Crippen LogP) is 3.72. The summed E-state index contributed by atoms with van der Waals surface area (Å²) in [6.07, 6.45) is 4.67. The third-order valence-corrected chi connectivity index (χ3v) is 4.07. The van der Waals surface area contributed by atoms with Gasteiger partial charge in [0.25, 0.3) is 0 Å². The Morgan fingerprint density at radius 2 is 1.87 bits per heavy atom. The molecule has 2 rings (SSSR count). The first kappa shape index (κ1) is 17.6. The summed E-state index contributed by atoms with van der Waals surface area (Å²) in [6, 6.07) is 6.17. The van der Waals surface area contributed by atoms with Crippen molar-refractivity contribution >= 4 is 5.91 Å². The number of rotatable bonds is 8. The van der Waals surface area contributed by atoms with Gasteiger partial charge in [-0.15, -0.1) is 0 Å². The van der Waals surface area contributed by atoms with E-state index in [1.165, 1.54) is 12.8 Å². The van der Waals surface area contributed by atoms with E-state index in [0.717, 1.165) is 35.8 Å². The van der Waals surface area contributed by atoms with E-state index in [2.05, 4.69) is 26.1 Å². The Balaban J connectivity index is 1.71. The molecule has 0 saturated heterocycles. The van der Waals surface area contributed by atoms with E-state index in [-0.39, 0.29) is 11.9 Å². The molecule has 23 heavy (non-hydrogen) atoms. The molecule has 0 aromatic heterocycles. The molecular formula is C19H29NO3. The Bertz CT molecular complexity index is 513. The number of hydrogen-bond acceptors (Lipinski definition) is 3. The van der Waals surface area contributed by atoms with Crippen LogP contribution in [0.25, 0.3) is 0 Å². The normalized spacial score (nSPS) is 14.6. The number of benzene rings is 1. The fraction of sp³-hybridized carbons (Fsp3) is 0.632.